The number of amides is 1. The standard InChI is InChI=1S/C17H18N4O2/c1-4-23-14-7-5-13(6-8-14)20-17(22)15-10-18-21-12(3)9-11(2)19-16(15)21/h5-10H,4H2,1-3H3,(H,20,22). The molecule has 6 nitrogen and oxygen atoms in total. The largest absolute Gasteiger partial charge is 0.494 e. The normalized spacial score (nSPS) is 10.7. The highest BCUT2D eigenvalue weighted by Crippen LogP contribution is 2.18. The molecule has 1 N–H and O–H groups in total. The van der Waals surface area contributed by atoms with E-state index in [0.29, 0.717) is 23.5 Å². The molecular weight excluding hydrogens is 292 g/mol. The van der Waals surface area contributed by atoms with Crippen LogP contribution in [0.15, 0.2) is 36.5 Å². The van der Waals surface area contributed by atoms with Gasteiger partial charge < -0.3 is 10.1 Å². The van der Waals surface area contributed by atoms with E-state index in [1.165, 1.54) is 0 Å². The number of hydrogen-bond donors (Lipinski definition) is 1. The first-order valence-electron chi connectivity index (χ1n) is 7.44. The van der Waals surface area contributed by atoms with E-state index in [2.05, 4.69) is 15.4 Å². The van der Waals surface area contributed by atoms with Crippen LogP contribution < -0.4 is 10.1 Å². The summed E-state index contributed by atoms with van der Waals surface area (Å²) in [5, 5.41) is 7.09. The predicted octanol–water partition coefficient (Wildman–Crippen LogP) is 3.00. The number of rotatable bonds is 4. The van der Waals surface area contributed by atoms with Crippen LogP contribution in [0.3, 0.4) is 0 Å². The van der Waals surface area contributed by atoms with Crippen molar-refractivity contribution in [1.82, 2.24) is 14.6 Å². The molecule has 3 rings (SSSR count). The predicted molar refractivity (Wildman–Crippen MR) is 88.0 cm³/mol. The number of hydrogen-bond acceptors (Lipinski definition) is 4. The number of ether oxygens (including phenoxy) is 1. The lowest BCUT2D eigenvalue weighted by molar-refractivity contribution is 0.102. The Bertz CT molecular complexity index is 853. The second kappa shape index (κ2) is 6.08. The number of carbonyl (C=O) groups is 1. The van der Waals surface area contributed by atoms with Gasteiger partial charge in [-0.3, -0.25) is 4.79 Å². The molecular formula is C17H18N4O2. The Hall–Kier alpha value is -2.89. The third-order valence-electron chi connectivity index (χ3n) is 3.45. The smallest absolute Gasteiger partial charge is 0.261 e. The summed E-state index contributed by atoms with van der Waals surface area (Å²) in [6.07, 6.45) is 1.54. The summed E-state index contributed by atoms with van der Waals surface area (Å²) in [7, 11) is 0. The van der Waals surface area contributed by atoms with Crippen molar-refractivity contribution in [3.63, 3.8) is 0 Å². The SMILES string of the molecule is CCOc1ccc(NC(=O)c2cnn3c(C)cc(C)nc23)cc1. The van der Waals surface area contributed by atoms with Gasteiger partial charge in [0.1, 0.15) is 11.3 Å². The number of aryl methyl sites for hydroxylation is 2. The molecule has 3 aromatic rings. The van der Waals surface area contributed by atoms with E-state index in [1.54, 1.807) is 22.8 Å². The summed E-state index contributed by atoms with van der Waals surface area (Å²) in [6.45, 7) is 6.37. The molecule has 2 aromatic heterocycles. The Labute approximate surface area is 134 Å². The van der Waals surface area contributed by atoms with E-state index >= 15 is 0 Å². The average Bonchev–Trinajstić information content (AvgIpc) is 2.93. The van der Waals surface area contributed by atoms with E-state index in [1.807, 2.05) is 39.0 Å². The topological polar surface area (TPSA) is 68.5 Å². The fourth-order valence-corrected chi connectivity index (χ4v) is 2.43. The Morgan fingerprint density at radius 1 is 1.26 bits per heavy atom. The molecule has 118 valence electrons. The first-order valence-corrected chi connectivity index (χ1v) is 7.44. The summed E-state index contributed by atoms with van der Waals surface area (Å²) in [4.78, 5) is 16.9. The Kier molecular flexibility index (Phi) is 3.97. The molecule has 0 unspecified atom stereocenters. The molecule has 0 fully saturated rings. The van der Waals surface area contributed by atoms with Crippen LogP contribution in [-0.4, -0.2) is 27.1 Å². The van der Waals surface area contributed by atoms with Gasteiger partial charge in [-0.05, 0) is 51.1 Å². The molecule has 0 aliphatic heterocycles. The van der Waals surface area contributed by atoms with E-state index in [4.69, 9.17) is 4.74 Å². The molecule has 0 aliphatic rings. The lowest BCUT2D eigenvalue weighted by Gasteiger charge is -2.07. The van der Waals surface area contributed by atoms with E-state index in [9.17, 15) is 4.79 Å². The molecule has 0 spiro atoms. The van der Waals surface area contributed by atoms with Gasteiger partial charge in [0.25, 0.3) is 5.91 Å². The Morgan fingerprint density at radius 3 is 2.70 bits per heavy atom. The number of anilines is 1. The van der Waals surface area contributed by atoms with Crippen LogP contribution in [-0.2, 0) is 0 Å². The minimum absolute atomic E-state index is 0.235. The molecule has 2 heterocycles. The second-order valence-corrected chi connectivity index (χ2v) is 5.24. The minimum Gasteiger partial charge on any atom is -0.494 e. The summed E-state index contributed by atoms with van der Waals surface area (Å²) >= 11 is 0. The van der Waals surface area contributed by atoms with Crippen molar-refractivity contribution < 1.29 is 9.53 Å². The average molecular weight is 310 g/mol. The van der Waals surface area contributed by atoms with Crippen molar-refractivity contribution >= 4 is 17.2 Å². The zero-order valence-corrected chi connectivity index (χ0v) is 13.3. The lowest BCUT2D eigenvalue weighted by Crippen LogP contribution is -2.12. The molecule has 0 bridgehead atoms. The molecule has 0 radical (unpaired) electrons. The number of carbonyl (C=O) groups excluding carboxylic acids is 1. The minimum atomic E-state index is -0.235. The molecule has 0 saturated heterocycles. The highest BCUT2D eigenvalue weighted by Gasteiger charge is 2.15. The van der Waals surface area contributed by atoms with Crippen molar-refractivity contribution in [2.24, 2.45) is 0 Å². The van der Waals surface area contributed by atoms with Crippen LogP contribution in [0.1, 0.15) is 28.7 Å². The van der Waals surface area contributed by atoms with Crippen LogP contribution in [0.25, 0.3) is 5.65 Å². The van der Waals surface area contributed by atoms with Gasteiger partial charge in [-0.15, -0.1) is 0 Å². The van der Waals surface area contributed by atoms with Crippen molar-refractivity contribution in [3.8, 4) is 5.75 Å². The maximum absolute atomic E-state index is 12.5. The van der Waals surface area contributed by atoms with Gasteiger partial charge in [-0.2, -0.15) is 5.10 Å². The molecule has 1 aromatic carbocycles. The van der Waals surface area contributed by atoms with Crippen LogP contribution in [0, 0.1) is 13.8 Å². The van der Waals surface area contributed by atoms with Gasteiger partial charge in [0.2, 0.25) is 0 Å². The first-order chi connectivity index (χ1) is 11.1. The molecule has 0 atom stereocenters. The Morgan fingerprint density at radius 2 is 2.00 bits per heavy atom. The number of fused-ring (bicyclic) bond motifs is 1. The third-order valence-corrected chi connectivity index (χ3v) is 3.45. The van der Waals surface area contributed by atoms with Crippen molar-refractivity contribution in [2.75, 3.05) is 11.9 Å². The van der Waals surface area contributed by atoms with Gasteiger partial charge >= 0.3 is 0 Å². The summed E-state index contributed by atoms with van der Waals surface area (Å²) in [5.41, 5.74) is 3.50. The number of nitrogens with zero attached hydrogens (tertiary/aromatic N) is 3. The lowest BCUT2D eigenvalue weighted by atomic mass is 10.2. The summed E-state index contributed by atoms with van der Waals surface area (Å²) in [5.74, 6) is 0.538. The fraction of sp³-hybridized carbons (Fsp3) is 0.235. The second-order valence-electron chi connectivity index (χ2n) is 5.24. The zero-order valence-electron chi connectivity index (χ0n) is 13.3. The highest BCUT2D eigenvalue weighted by atomic mass is 16.5. The first kappa shape index (κ1) is 15.0. The van der Waals surface area contributed by atoms with Crippen LogP contribution >= 0.6 is 0 Å². The molecule has 1 amide bonds. The van der Waals surface area contributed by atoms with Crippen molar-refractivity contribution in [1.29, 1.82) is 0 Å². The quantitative estimate of drug-likeness (QED) is 0.804. The molecule has 0 saturated carbocycles. The van der Waals surface area contributed by atoms with Crippen LogP contribution in [0.2, 0.25) is 0 Å². The van der Waals surface area contributed by atoms with Gasteiger partial charge in [-0.1, -0.05) is 0 Å². The maximum Gasteiger partial charge on any atom is 0.261 e. The van der Waals surface area contributed by atoms with E-state index in [-0.39, 0.29) is 5.91 Å². The van der Waals surface area contributed by atoms with Gasteiger partial charge in [0.15, 0.2) is 5.65 Å². The zero-order chi connectivity index (χ0) is 16.4. The summed E-state index contributed by atoms with van der Waals surface area (Å²) in [6, 6.07) is 9.18. The van der Waals surface area contributed by atoms with Gasteiger partial charge in [0, 0.05) is 17.1 Å². The van der Waals surface area contributed by atoms with Crippen LogP contribution in [0.4, 0.5) is 5.69 Å². The summed E-state index contributed by atoms with van der Waals surface area (Å²) < 4.78 is 7.05. The number of benzene rings is 1. The number of nitrogens with one attached hydrogen (secondary N) is 1. The van der Waals surface area contributed by atoms with Crippen LogP contribution in [0.5, 0.6) is 5.75 Å². The van der Waals surface area contributed by atoms with Gasteiger partial charge in [0.05, 0.1) is 12.8 Å². The number of aromatic nitrogens is 3. The monoisotopic (exact) mass is 310 g/mol. The molecule has 0 aliphatic carbocycles. The van der Waals surface area contributed by atoms with E-state index in [0.717, 1.165) is 17.1 Å². The Balaban J connectivity index is 1.86. The van der Waals surface area contributed by atoms with Gasteiger partial charge in [-0.25, -0.2) is 9.50 Å². The van der Waals surface area contributed by atoms with E-state index < -0.39 is 0 Å². The highest BCUT2D eigenvalue weighted by molar-refractivity contribution is 6.08. The fourth-order valence-electron chi connectivity index (χ4n) is 2.43. The van der Waals surface area contributed by atoms with Crippen molar-refractivity contribution in [3.05, 3.63) is 53.5 Å². The maximum atomic E-state index is 12.5. The van der Waals surface area contributed by atoms with Crippen molar-refractivity contribution in [2.45, 2.75) is 20.8 Å². The third kappa shape index (κ3) is 3.01. The molecule has 23 heavy (non-hydrogen) atoms. The molecule has 6 heteroatoms.